The van der Waals surface area contributed by atoms with Gasteiger partial charge in [-0.2, -0.15) is 5.10 Å². The van der Waals surface area contributed by atoms with Crippen molar-refractivity contribution < 1.29 is 14.3 Å². The summed E-state index contributed by atoms with van der Waals surface area (Å²) in [6, 6.07) is 5.91. The molecule has 0 unspecified atom stereocenters. The topological polar surface area (TPSA) is 101 Å². The number of ether oxygens (including phenoxy) is 2. The number of carbonyl (C=O) groups is 1. The van der Waals surface area contributed by atoms with E-state index in [0.29, 0.717) is 19.1 Å². The summed E-state index contributed by atoms with van der Waals surface area (Å²) in [5, 5.41) is 13.6. The number of hydrogen-bond acceptors (Lipinski definition) is 6. The average Bonchev–Trinajstić information content (AvgIpc) is 3.30. The molecule has 4 rings (SSSR count). The minimum Gasteiger partial charge on any atom is -0.446 e. The Balaban J connectivity index is 1.54. The number of carbonyl (C=O) groups excluding carboxylic acids is 1. The van der Waals surface area contributed by atoms with Gasteiger partial charge in [-0.1, -0.05) is 0 Å². The van der Waals surface area contributed by atoms with E-state index in [1.165, 1.54) is 0 Å². The predicted octanol–water partition coefficient (Wildman–Crippen LogP) is 3.39. The van der Waals surface area contributed by atoms with Crippen molar-refractivity contribution in [2.75, 3.05) is 18.5 Å². The Morgan fingerprint density at radius 3 is 3.11 bits per heavy atom. The number of nitrogens with one attached hydrogen (secondary N) is 3. The molecule has 144 valence electrons. The Labute approximate surface area is 158 Å². The van der Waals surface area contributed by atoms with Crippen LogP contribution in [0.5, 0.6) is 0 Å². The molecule has 1 aliphatic carbocycles. The third-order valence-electron chi connectivity index (χ3n) is 5.12. The van der Waals surface area contributed by atoms with Crippen LogP contribution in [0.2, 0.25) is 0 Å². The number of alkyl carbamates (subject to hydrolysis) is 1. The third-order valence-corrected chi connectivity index (χ3v) is 5.12. The lowest BCUT2D eigenvalue weighted by atomic mass is 10.0. The monoisotopic (exact) mass is 371 g/mol. The SMILES string of the molecule is C[C@H]1OCCCNC(=O)O[C@@H]2CC[C@@H](C2)c2cc(n[nH]2)Nc2ccnc1c2. The Morgan fingerprint density at radius 1 is 1.26 bits per heavy atom. The highest BCUT2D eigenvalue weighted by molar-refractivity contribution is 5.67. The zero-order chi connectivity index (χ0) is 18.6. The molecule has 0 radical (unpaired) electrons. The smallest absolute Gasteiger partial charge is 0.407 e. The van der Waals surface area contributed by atoms with Crippen molar-refractivity contribution in [3.63, 3.8) is 0 Å². The van der Waals surface area contributed by atoms with Crippen molar-refractivity contribution in [2.24, 2.45) is 0 Å². The van der Waals surface area contributed by atoms with Crippen molar-refractivity contribution in [1.82, 2.24) is 20.5 Å². The molecule has 0 spiro atoms. The molecule has 2 aromatic heterocycles. The number of aromatic nitrogens is 3. The van der Waals surface area contributed by atoms with Gasteiger partial charge in [0.2, 0.25) is 0 Å². The van der Waals surface area contributed by atoms with Crippen LogP contribution in [-0.4, -0.2) is 40.5 Å². The molecular formula is C19H25N5O3. The molecule has 1 amide bonds. The molecule has 3 heterocycles. The van der Waals surface area contributed by atoms with E-state index < -0.39 is 0 Å². The summed E-state index contributed by atoms with van der Waals surface area (Å²) in [6.07, 6.45) is 4.61. The van der Waals surface area contributed by atoms with E-state index in [9.17, 15) is 4.79 Å². The lowest BCUT2D eigenvalue weighted by molar-refractivity contribution is 0.0601. The normalized spacial score (nSPS) is 26.3. The van der Waals surface area contributed by atoms with Gasteiger partial charge in [0.25, 0.3) is 0 Å². The Bertz CT molecular complexity index is 793. The Kier molecular flexibility index (Phi) is 5.24. The van der Waals surface area contributed by atoms with Gasteiger partial charge in [-0.25, -0.2) is 4.79 Å². The molecule has 0 saturated heterocycles. The summed E-state index contributed by atoms with van der Waals surface area (Å²) < 4.78 is 11.4. The predicted molar refractivity (Wildman–Crippen MR) is 100.0 cm³/mol. The van der Waals surface area contributed by atoms with Crippen molar-refractivity contribution in [1.29, 1.82) is 0 Å². The van der Waals surface area contributed by atoms with Gasteiger partial charge in [0.05, 0.1) is 11.8 Å². The average molecular weight is 371 g/mol. The highest BCUT2D eigenvalue weighted by Gasteiger charge is 2.30. The van der Waals surface area contributed by atoms with Gasteiger partial charge in [0.15, 0.2) is 5.82 Å². The number of anilines is 2. The standard InChI is InChI=1S/C19H25N5O3/c1-12-16-10-14(5-7-20-16)22-18-11-17(23-24-18)13-3-4-15(9-13)27-19(25)21-6-2-8-26-12/h5,7,10-13,15H,2-4,6,8-9H2,1H3,(H,21,25)(H2,22,23,24)/t12-,13+,15-/m1/s1. The summed E-state index contributed by atoms with van der Waals surface area (Å²) in [5.41, 5.74) is 2.84. The number of fused-ring (bicyclic) bond motifs is 7. The van der Waals surface area contributed by atoms with Crippen LogP contribution in [0.3, 0.4) is 0 Å². The molecule has 2 aromatic rings. The molecule has 1 saturated carbocycles. The Hall–Kier alpha value is -2.61. The van der Waals surface area contributed by atoms with Gasteiger partial charge >= 0.3 is 6.09 Å². The van der Waals surface area contributed by atoms with Crippen LogP contribution >= 0.6 is 0 Å². The maximum atomic E-state index is 12.0. The molecule has 0 aromatic carbocycles. The summed E-state index contributed by atoms with van der Waals surface area (Å²) in [5.74, 6) is 1.09. The first kappa shape index (κ1) is 17.8. The number of pyridine rings is 1. The third kappa shape index (κ3) is 4.39. The fourth-order valence-electron chi connectivity index (χ4n) is 3.64. The van der Waals surface area contributed by atoms with E-state index in [1.54, 1.807) is 6.20 Å². The molecular weight excluding hydrogens is 346 g/mol. The van der Waals surface area contributed by atoms with Crippen LogP contribution in [-0.2, 0) is 9.47 Å². The van der Waals surface area contributed by atoms with E-state index in [-0.39, 0.29) is 18.3 Å². The van der Waals surface area contributed by atoms with Crippen LogP contribution in [0, 0.1) is 0 Å². The molecule has 8 heteroatoms. The van der Waals surface area contributed by atoms with Crippen LogP contribution < -0.4 is 10.6 Å². The first-order valence-electron chi connectivity index (χ1n) is 9.52. The fourth-order valence-corrected chi connectivity index (χ4v) is 3.64. The number of H-pyrrole nitrogens is 1. The number of rotatable bonds is 0. The maximum absolute atomic E-state index is 12.0. The highest BCUT2D eigenvalue weighted by atomic mass is 16.6. The van der Waals surface area contributed by atoms with Gasteiger partial charge in [-0.3, -0.25) is 10.1 Å². The Morgan fingerprint density at radius 2 is 2.19 bits per heavy atom. The summed E-state index contributed by atoms with van der Waals surface area (Å²) >= 11 is 0. The first-order valence-corrected chi connectivity index (χ1v) is 9.52. The maximum Gasteiger partial charge on any atom is 0.407 e. The molecule has 3 N–H and O–H groups in total. The second-order valence-corrected chi connectivity index (χ2v) is 7.13. The summed E-state index contributed by atoms with van der Waals surface area (Å²) in [7, 11) is 0. The van der Waals surface area contributed by atoms with E-state index in [2.05, 4.69) is 25.8 Å². The van der Waals surface area contributed by atoms with Crippen LogP contribution in [0.15, 0.2) is 24.4 Å². The number of hydrogen-bond donors (Lipinski definition) is 3. The zero-order valence-electron chi connectivity index (χ0n) is 15.4. The van der Waals surface area contributed by atoms with E-state index in [4.69, 9.17) is 9.47 Å². The quantitative estimate of drug-likeness (QED) is 0.656. The second kappa shape index (κ2) is 7.96. The van der Waals surface area contributed by atoms with Gasteiger partial charge in [0, 0.05) is 42.7 Å². The van der Waals surface area contributed by atoms with Crippen molar-refractivity contribution in [3.8, 4) is 0 Å². The number of aromatic amines is 1. The summed E-state index contributed by atoms with van der Waals surface area (Å²) in [4.78, 5) is 16.4. The second-order valence-electron chi connectivity index (χ2n) is 7.13. The van der Waals surface area contributed by atoms with Gasteiger partial charge in [0.1, 0.15) is 6.10 Å². The van der Waals surface area contributed by atoms with Crippen molar-refractivity contribution >= 4 is 17.6 Å². The van der Waals surface area contributed by atoms with Gasteiger partial charge < -0.3 is 20.1 Å². The number of nitrogens with zero attached hydrogens (tertiary/aromatic N) is 2. The molecule has 1 fully saturated rings. The molecule has 1 aliphatic heterocycles. The van der Waals surface area contributed by atoms with E-state index in [1.807, 2.05) is 25.1 Å². The minimum absolute atomic E-state index is 0.0485. The van der Waals surface area contributed by atoms with Crippen molar-refractivity contribution in [2.45, 2.75) is 50.7 Å². The molecule has 27 heavy (non-hydrogen) atoms. The lowest BCUT2D eigenvalue weighted by Crippen LogP contribution is -2.29. The summed E-state index contributed by atoms with van der Waals surface area (Å²) in [6.45, 7) is 3.03. The van der Waals surface area contributed by atoms with E-state index >= 15 is 0 Å². The fraction of sp³-hybridized carbons (Fsp3) is 0.526. The van der Waals surface area contributed by atoms with Crippen molar-refractivity contribution in [3.05, 3.63) is 35.8 Å². The zero-order valence-corrected chi connectivity index (χ0v) is 15.4. The van der Waals surface area contributed by atoms with Gasteiger partial charge in [-0.05, 0) is 44.7 Å². The molecule has 2 aliphatic rings. The van der Waals surface area contributed by atoms with Gasteiger partial charge in [-0.15, -0.1) is 0 Å². The number of amides is 1. The molecule has 3 atom stereocenters. The molecule has 6 bridgehead atoms. The van der Waals surface area contributed by atoms with Crippen LogP contribution in [0.1, 0.15) is 56.0 Å². The first-order chi connectivity index (χ1) is 13.2. The van der Waals surface area contributed by atoms with E-state index in [0.717, 1.165) is 48.6 Å². The lowest BCUT2D eigenvalue weighted by Gasteiger charge is -2.15. The van der Waals surface area contributed by atoms with Crippen LogP contribution in [0.4, 0.5) is 16.3 Å². The van der Waals surface area contributed by atoms with Crippen LogP contribution in [0.25, 0.3) is 0 Å². The minimum atomic E-state index is -0.351. The molecule has 8 nitrogen and oxygen atoms in total. The highest BCUT2D eigenvalue weighted by Crippen LogP contribution is 2.36. The largest absolute Gasteiger partial charge is 0.446 e.